The van der Waals surface area contributed by atoms with Crippen LogP contribution in [-0.2, 0) is 11.3 Å². The Morgan fingerprint density at radius 2 is 1.62 bits per heavy atom. The molecule has 2 rings (SSSR count). The summed E-state index contributed by atoms with van der Waals surface area (Å²) in [7, 11) is 0. The van der Waals surface area contributed by atoms with E-state index < -0.39 is 0 Å². The van der Waals surface area contributed by atoms with Crippen LogP contribution in [0.25, 0.3) is 0 Å². The van der Waals surface area contributed by atoms with E-state index in [9.17, 15) is 4.79 Å². The van der Waals surface area contributed by atoms with Gasteiger partial charge in [-0.2, -0.15) is 0 Å². The highest BCUT2D eigenvalue weighted by Crippen LogP contribution is 2.25. The van der Waals surface area contributed by atoms with Crippen molar-refractivity contribution in [2.45, 2.75) is 6.54 Å². The maximum absolute atomic E-state index is 11.8. The van der Waals surface area contributed by atoms with Crippen molar-refractivity contribution in [1.29, 1.82) is 0 Å². The summed E-state index contributed by atoms with van der Waals surface area (Å²) < 4.78 is 0. The Morgan fingerprint density at radius 3 is 2.33 bits per heavy atom. The molecule has 2 aromatic carbocycles. The van der Waals surface area contributed by atoms with Gasteiger partial charge in [0.05, 0.1) is 17.3 Å². The summed E-state index contributed by atoms with van der Waals surface area (Å²) in [6.45, 7) is 0.564. The zero-order valence-corrected chi connectivity index (χ0v) is 13.3. The zero-order chi connectivity index (χ0) is 15.2. The highest BCUT2D eigenvalue weighted by Gasteiger charge is 2.05. The minimum absolute atomic E-state index is 0.119. The third kappa shape index (κ3) is 5.12. The van der Waals surface area contributed by atoms with E-state index in [1.165, 1.54) is 0 Å². The van der Waals surface area contributed by atoms with Crippen LogP contribution in [0.5, 0.6) is 0 Å². The topological polar surface area (TPSA) is 41.1 Å². The molecule has 6 heteroatoms. The van der Waals surface area contributed by atoms with Crippen LogP contribution in [0.4, 0.5) is 5.69 Å². The molecule has 0 spiro atoms. The Morgan fingerprint density at radius 1 is 0.952 bits per heavy atom. The molecule has 0 bridgehead atoms. The number of carbonyl (C=O) groups excluding carboxylic acids is 1. The first-order valence-electron chi connectivity index (χ1n) is 6.24. The van der Waals surface area contributed by atoms with Crippen LogP contribution < -0.4 is 10.6 Å². The fourth-order valence-electron chi connectivity index (χ4n) is 1.67. The largest absolute Gasteiger partial charge is 0.375 e. The number of halogens is 3. The highest BCUT2D eigenvalue weighted by molar-refractivity contribution is 6.35. The van der Waals surface area contributed by atoms with Gasteiger partial charge in [0, 0.05) is 16.6 Å². The van der Waals surface area contributed by atoms with Crippen molar-refractivity contribution in [3.63, 3.8) is 0 Å². The molecule has 0 aliphatic heterocycles. The van der Waals surface area contributed by atoms with Gasteiger partial charge >= 0.3 is 0 Å². The molecule has 1 amide bonds. The Hall–Kier alpha value is -1.42. The molecule has 3 nitrogen and oxygen atoms in total. The average molecular weight is 344 g/mol. The molecule has 0 heterocycles. The van der Waals surface area contributed by atoms with Gasteiger partial charge in [-0.1, -0.05) is 46.9 Å². The van der Waals surface area contributed by atoms with Gasteiger partial charge in [-0.15, -0.1) is 0 Å². The van der Waals surface area contributed by atoms with Crippen molar-refractivity contribution in [2.24, 2.45) is 0 Å². The van der Waals surface area contributed by atoms with Crippen molar-refractivity contribution in [3.8, 4) is 0 Å². The quantitative estimate of drug-likeness (QED) is 0.846. The lowest BCUT2D eigenvalue weighted by atomic mass is 10.2. The number of anilines is 1. The fraction of sp³-hybridized carbons (Fsp3) is 0.133. The monoisotopic (exact) mass is 342 g/mol. The summed E-state index contributed by atoms with van der Waals surface area (Å²) in [6, 6.07) is 12.3. The van der Waals surface area contributed by atoms with E-state index in [1.807, 2.05) is 12.1 Å². The van der Waals surface area contributed by atoms with E-state index in [0.29, 0.717) is 27.3 Å². The van der Waals surface area contributed by atoms with Crippen molar-refractivity contribution < 1.29 is 4.79 Å². The van der Waals surface area contributed by atoms with Crippen LogP contribution in [-0.4, -0.2) is 12.5 Å². The van der Waals surface area contributed by atoms with E-state index in [-0.39, 0.29) is 12.5 Å². The third-order valence-electron chi connectivity index (χ3n) is 2.77. The second-order valence-electron chi connectivity index (χ2n) is 4.38. The lowest BCUT2D eigenvalue weighted by Gasteiger charge is -2.09. The van der Waals surface area contributed by atoms with Gasteiger partial charge < -0.3 is 10.6 Å². The molecule has 2 N–H and O–H groups in total. The molecule has 0 aromatic heterocycles. The molecule has 0 unspecified atom stereocenters. The van der Waals surface area contributed by atoms with Crippen LogP contribution in [0, 0.1) is 0 Å². The second-order valence-corrected chi connectivity index (χ2v) is 5.66. The van der Waals surface area contributed by atoms with Crippen molar-refractivity contribution in [2.75, 3.05) is 11.9 Å². The molecule has 110 valence electrons. The Bertz CT molecular complexity index is 629. The summed E-state index contributed by atoms with van der Waals surface area (Å²) in [5.41, 5.74) is 1.61. The minimum atomic E-state index is -0.138. The summed E-state index contributed by atoms with van der Waals surface area (Å²) in [4.78, 5) is 11.8. The number of benzene rings is 2. The minimum Gasteiger partial charge on any atom is -0.375 e. The lowest BCUT2D eigenvalue weighted by Crippen LogP contribution is -2.29. The number of amides is 1. The molecule has 0 aliphatic rings. The Balaban J connectivity index is 1.82. The maximum atomic E-state index is 11.8. The van der Waals surface area contributed by atoms with Crippen molar-refractivity contribution >= 4 is 46.4 Å². The number of rotatable bonds is 5. The first-order chi connectivity index (χ1) is 10.0. The molecular weight excluding hydrogens is 331 g/mol. The average Bonchev–Trinajstić information content (AvgIpc) is 2.47. The predicted octanol–water partition coefficient (Wildman–Crippen LogP) is 4.38. The molecule has 0 aliphatic carbocycles. The molecule has 0 fully saturated rings. The Kier molecular flexibility index (Phi) is 5.74. The molecule has 0 saturated carbocycles. The lowest BCUT2D eigenvalue weighted by molar-refractivity contribution is -0.119. The van der Waals surface area contributed by atoms with Crippen molar-refractivity contribution in [1.82, 2.24) is 5.32 Å². The van der Waals surface area contributed by atoms with E-state index in [2.05, 4.69) is 10.6 Å². The van der Waals surface area contributed by atoms with Gasteiger partial charge in [-0.3, -0.25) is 4.79 Å². The summed E-state index contributed by atoms with van der Waals surface area (Å²) in [6.07, 6.45) is 0. The van der Waals surface area contributed by atoms with Crippen molar-refractivity contribution in [3.05, 3.63) is 63.1 Å². The third-order valence-corrected chi connectivity index (χ3v) is 3.59. The first kappa shape index (κ1) is 16.0. The SMILES string of the molecule is O=C(CNc1cc(Cl)ccc1Cl)NCc1ccc(Cl)cc1. The van der Waals surface area contributed by atoms with Crippen LogP contribution in [0.2, 0.25) is 15.1 Å². The smallest absolute Gasteiger partial charge is 0.239 e. The summed E-state index contributed by atoms with van der Waals surface area (Å²) in [5.74, 6) is -0.138. The molecule has 0 saturated heterocycles. The van der Waals surface area contributed by atoms with Gasteiger partial charge in [0.2, 0.25) is 5.91 Å². The predicted molar refractivity (Wildman–Crippen MR) is 88.3 cm³/mol. The summed E-state index contributed by atoms with van der Waals surface area (Å²) >= 11 is 17.7. The van der Waals surface area contributed by atoms with E-state index in [4.69, 9.17) is 34.8 Å². The molecule has 2 aromatic rings. The van der Waals surface area contributed by atoms with Crippen LogP contribution >= 0.6 is 34.8 Å². The maximum Gasteiger partial charge on any atom is 0.239 e. The van der Waals surface area contributed by atoms with Gasteiger partial charge in [0.25, 0.3) is 0 Å². The fourth-order valence-corrected chi connectivity index (χ4v) is 2.16. The van der Waals surface area contributed by atoms with E-state index in [0.717, 1.165) is 5.56 Å². The van der Waals surface area contributed by atoms with Gasteiger partial charge in [-0.05, 0) is 35.9 Å². The Labute approximate surface area is 138 Å². The molecule has 0 radical (unpaired) electrons. The van der Waals surface area contributed by atoms with Gasteiger partial charge in [0.15, 0.2) is 0 Å². The van der Waals surface area contributed by atoms with Crippen LogP contribution in [0.3, 0.4) is 0 Å². The number of hydrogen-bond acceptors (Lipinski definition) is 2. The standard InChI is InChI=1S/C15H13Cl3N2O/c16-11-3-1-10(2-4-11)8-20-15(21)9-19-14-7-12(17)5-6-13(14)18/h1-7,19H,8-9H2,(H,20,21). The number of nitrogens with one attached hydrogen (secondary N) is 2. The summed E-state index contributed by atoms with van der Waals surface area (Å²) in [5, 5.41) is 7.50. The van der Waals surface area contributed by atoms with E-state index >= 15 is 0 Å². The van der Waals surface area contributed by atoms with E-state index in [1.54, 1.807) is 30.3 Å². The van der Waals surface area contributed by atoms with Gasteiger partial charge in [0.1, 0.15) is 0 Å². The van der Waals surface area contributed by atoms with Crippen LogP contribution in [0.15, 0.2) is 42.5 Å². The molecule has 0 atom stereocenters. The number of carbonyl (C=O) groups is 1. The molecular formula is C15H13Cl3N2O. The van der Waals surface area contributed by atoms with Gasteiger partial charge in [-0.25, -0.2) is 0 Å². The second kappa shape index (κ2) is 7.55. The first-order valence-corrected chi connectivity index (χ1v) is 7.38. The highest BCUT2D eigenvalue weighted by atomic mass is 35.5. The van der Waals surface area contributed by atoms with Crippen LogP contribution in [0.1, 0.15) is 5.56 Å². The normalized spacial score (nSPS) is 10.2. The molecule has 21 heavy (non-hydrogen) atoms. The number of hydrogen-bond donors (Lipinski definition) is 2. The zero-order valence-electron chi connectivity index (χ0n) is 11.0.